The fourth-order valence-electron chi connectivity index (χ4n) is 1.63. The van der Waals surface area contributed by atoms with Gasteiger partial charge in [0, 0.05) is 12.4 Å². The van der Waals surface area contributed by atoms with Crippen molar-refractivity contribution in [3.05, 3.63) is 52.7 Å². The third-order valence-electron chi connectivity index (χ3n) is 2.55. The Morgan fingerprint density at radius 3 is 2.67 bits per heavy atom. The van der Waals surface area contributed by atoms with Gasteiger partial charge in [-0.2, -0.15) is 5.10 Å². The van der Waals surface area contributed by atoms with Gasteiger partial charge in [-0.05, 0) is 46.3 Å². The number of anilines is 1. The molecule has 6 nitrogen and oxygen atoms in total. The topological polar surface area (TPSA) is 76.9 Å². The van der Waals surface area contributed by atoms with Crippen LogP contribution in [0.3, 0.4) is 0 Å². The van der Waals surface area contributed by atoms with E-state index in [0.29, 0.717) is 11.5 Å². The molecule has 0 saturated carbocycles. The van der Waals surface area contributed by atoms with Gasteiger partial charge in [0.25, 0.3) is 10.0 Å². The van der Waals surface area contributed by atoms with E-state index in [1.54, 1.807) is 47.4 Å². The first-order valence-corrected chi connectivity index (χ1v) is 8.88. The lowest BCUT2D eigenvalue weighted by Gasteiger charge is -2.06. The molecule has 0 aliphatic rings. The zero-order valence-corrected chi connectivity index (χ0v) is 13.7. The summed E-state index contributed by atoms with van der Waals surface area (Å²) in [4.78, 5) is 4.17. The normalized spacial score (nSPS) is 11.5. The molecule has 21 heavy (non-hydrogen) atoms. The molecule has 3 aromatic rings. The van der Waals surface area contributed by atoms with Gasteiger partial charge in [-0.1, -0.05) is 0 Å². The van der Waals surface area contributed by atoms with Crippen molar-refractivity contribution in [2.24, 2.45) is 0 Å². The van der Waals surface area contributed by atoms with Crippen molar-refractivity contribution >= 4 is 43.0 Å². The number of hydrogen-bond acceptors (Lipinski definition) is 5. The zero-order chi connectivity index (χ0) is 14.9. The lowest BCUT2D eigenvalue weighted by Crippen LogP contribution is -2.11. The van der Waals surface area contributed by atoms with Crippen LogP contribution in [0, 0.1) is 0 Å². The Labute approximate surface area is 133 Å². The van der Waals surface area contributed by atoms with Crippen LogP contribution >= 0.6 is 27.3 Å². The van der Waals surface area contributed by atoms with Gasteiger partial charge in [-0.15, -0.1) is 11.3 Å². The second-order valence-corrected chi connectivity index (χ2v) is 8.39. The van der Waals surface area contributed by atoms with E-state index in [-0.39, 0.29) is 4.21 Å². The molecule has 0 amide bonds. The van der Waals surface area contributed by atoms with E-state index < -0.39 is 10.0 Å². The summed E-state index contributed by atoms with van der Waals surface area (Å²) in [5.74, 6) is 0.613. The van der Waals surface area contributed by atoms with E-state index in [0.717, 1.165) is 15.1 Å². The number of thiophene rings is 1. The van der Waals surface area contributed by atoms with Gasteiger partial charge in [0.05, 0.1) is 15.7 Å². The molecular weight excluding hydrogens is 376 g/mol. The molecule has 108 valence electrons. The molecular formula is C12H9BrN4O2S2. The average molecular weight is 385 g/mol. The van der Waals surface area contributed by atoms with Crippen molar-refractivity contribution in [3.63, 3.8) is 0 Å². The van der Waals surface area contributed by atoms with E-state index >= 15 is 0 Å². The Morgan fingerprint density at radius 1 is 1.24 bits per heavy atom. The number of halogens is 1. The summed E-state index contributed by atoms with van der Waals surface area (Å²) in [6.45, 7) is 0. The Kier molecular flexibility index (Phi) is 3.79. The maximum atomic E-state index is 12.2. The highest BCUT2D eigenvalue weighted by Crippen LogP contribution is 2.27. The van der Waals surface area contributed by atoms with Gasteiger partial charge in [0.1, 0.15) is 4.21 Å². The fourth-order valence-corrected chi connectivity index (χ4v) is 4.69. The van der Waals surface area contributed by atoms with Gasteiger partial charge >= 0.3 is 0 Å². The summed E-state index contributed by atoms with van der Waals surface area (Å²) < 4.78 is 29.4. The Morgan fingerprint density at radius 2 is 2.10 bits per heavy atom. The molecule has 0 bridgehead atoms. The van der Waals surface area contributed by atoms with Gasteiger partial charge < -0.3 is 0 Å². The van der Waals surface area contributed by atoms with Crippen molar-refractivity contribution in [2.75, 3.05) is 4.72 Å². The van der Waals surface area contributed by atoms with Crippen LogP contribution in [0.4, 0.5) is 5.69 Å². The fraction of sp³-hybridized carbons (Fsp3) is 0. The predicted molar refractivity (Wildman–Crippen MR) is 84.2 cm³/mol. The standard InChI is InChI=1S/C12H9BrN4O2S2/c13-10-3-5-12(20-10)21(18,19)16-9-2-4-11(14-8-9)17-7-1-6-15-17/h1-8,16H. The van der Waals surface area contributed by atoms with E-state index in [9.17, 15) is 8.42 Å². The van der Waals surface area contributed by atoms with Crippen LogP contribution in [0.2, 0.25) is 0 Å². The van der Waals surface area contributed by atoms with Crippen LogP contribution in [0.1, 0.15) is 0 Å². The number of nitrogens with zero attached hydrogens (tertiary/aromatic N) is 3. The number of nitrogens with one attached hydrogen (secondary N) is 1. The summed E-state index contributed by atoms with van der Waals surface area (Å²) in [5, 5.41) is 4.05. The van der Waals surface area contributed by atoms with Crippen molar-refractivity contribution in [1.82, 2.24) is 14.8 Å². The number of hydrogen-bond donors (Lipinski definition) is 1. The third kappa shape index (κ3) is 3.14. The molecule has 3 aromatic heterocycles. The van der Waals surface area contributed by atoms with Crippen LogP contribution in [0.15, 0.2) is 56.9 Å². The Bertz CT molecular complexity index is 842. The quantitative estimate of drug-likeness (QED) is 0.749. The van der Waals surface area contributed by atoms with E-state index in [1.165, 1.54) is 6.20 Å². The van der Waals surface area contributed by atoms with Crippen LogP contribution in [0.25, 0.3) is 5.82 Å². The average Bonchev–Trinajstić information content (AvgIpc) is 3.10. The minimum Gasteiger partial charge on any atom is -0.277 e. The molecule has 0 spiro atoms. The first kappa shape index (κ1) is 14.2. The van der Waals surface area contributed by atoms with Crippen LogP contribution in [-0.2, 0) is 10.0 Å². The van der Waals surface area contributed by atoms with Gasteiger partial charge in [0.2, 0.25) is 0 Å². The molecule has 0 saturated heterocycles. The number of pyridine rings is 1. The second kappa shape index (κ2) is 5.58. The Hall–Kier alpha value is -1.71. The first-order valence-electron chi connectivity index (χ1n) is 5.79. The summed E-state index contributed by atoms with van der Waals surface area (Å²) >= 11 is 4.39. The van der Waals surface area contributed by atoms with Crippen molar-refractivity contribution in [3.8, 4) is 5.82 Å². The highest BCUT2D eigenvalue weighted by atomic mass is 79.9. The molecule has 1 N–H and O–H groups in total. The SMILES string of the molecule is O=S(=O)(Nc1ccc(-n2cccn2)nc1)c1ccc(Br)s1. The predicted octanol–water partition coefficient (Wildman–Crippen LogP) is 2.89. The largest absolute Gasteiger partial charge is 0.277 e. The lowest BCUT2D eigenvalue weighted by molar-refractivity contribution is 0.603. The van der Waals surface area contributed by atoms with Gasteiger partial charge in [-0.3, -0.25) is 4.72 Å². The Balaban J connectivity index is 1.82. The molecule has 0 unspecified atom stereocenters. The number of sulfonamides is 1. The minimum absolute atomic E-state index is 0.241. The number of aromatic nitrogens is 3. The van der Waals surface area contributed by atoms with Crippen LogP contribution in [0.5, 0.6) is 0 Å². The summed E-state index contributed by atoms with van der Waals surface area (Å²) in [7, 11) is -3.58. The maximum absolute atomic E-state index is 12.2. The molecule has 0 fully saturated rings. The summed E-state index contributed by atoms with van der Waals surface area (Å²) in [6.07, 6.45) is 4.86. The molecule has 3 heterocycles. The highest BCUT2D eigenvalue weighted by Gasteiger charge is 2.16. The van der Waals surface area contributed by atoms with Crippen molar-refractivity contribution < 1.29 is 8.42 Å². The summed E-state index contributed by atoms with van der Waals surface area (Å²) in [5.41, 5.74) is 0.399. The maximum Gasteiger partial charge on any atom is 0.271 e. The molecule has 0 atom stereocenters. The van der Waals surface area contributed by atoms with E-state index in [1.807, 2.05) is 0 Å². The molecule has 3 rings (SSSR count). The van der Waals surface area contributed by atoms with Gasteiger partial charge in [0.15, 0.2) is 5.82 Å². The monoisotopic (exact) mass is 384 g/mol. The van der Waals surface area contributed by atoms with E-state index in [4.69, 9.17) is 0 Å². The zero-order valence-electron chi connectivity index (χ0n) is 10.5. The van der Waals surface area contributed by atoms with Gasteiger partial charge in [-0.25, -0.2) is 18.1 Å². The summed E-state index contributed by atoms with van der Waals surface area (Å²) in [6, 6.07) is 8.35. The van der Waals surface area contributed by atoms with Crippen LogP contribution < -0.4 is 4.72 Å². The highest BCUT2D eigenvalue weighted by molar-refractivity contribution is 9.11. The number of rotatable bonds is 4. The molecule has 0 radical (unpaired) electrons. The van der Waals surface area contributed by atoms with Crippen molar-refractivity contribution in [2.45, 2.75) is 4.21 Å². The second-order valence-electron chi connectivity index (χ2n) is 4.02. The first-order chi connectivity index (χ1) is 10.0. The molecule has 0 aromatic carbocycles. The molecule has 9 heteroatoms. The minimum atomic E-state index is -3.58. The van der Waals surface area contributed by atoms with E-state index in [2.05, 4.69) is 30.7 Å². The molecule has 0 aliphatic carbocycles. The third-order valence-corrected chi connectivity index (χ3v) is 6.05. The molecule has 0 aliphatic heterocycles. The lowest BCUT2D eigenvalue weighted by atomic mass is 10.4. The smallest absolute Gasteiger partial charge is 0.271 e. The van der Waals surface area contributed by atoms with Crippen molar-refractivity contribution in [1.29, 1.82) is 0 Å². The van der Waals surface area contributed by atoms with Crippen LogP contribution in [-0.4, -0.2) is 23.2 Å².